The Bertz CT molecular complexity index is 1070. The van der Waals surface area contributed by atoms with Gasteiger partial charge < -0.3 is 23.7 Å². The number of ether oxygens (including phenoxy) is 5. The number of carbonyl (C=O) groups excluding carboxylic acids is 3. The molecule has 36 heavy (non-hydrogen) atoms. The second-order valence-corrected chi connectivity index (χ2v) is 8.94. The van der Waals surface area contributed by atoms with E-state index in [4.69, 9.17) is 35.3 Å². The molecule has 0 bridgehead atoms. The largest absolute Gasteiger partial charge is 0.494 e. The van der Waals surface area contributed by atoms with Crippen molar-refractivity contribution < 1.29 is 38.1 Å². The lowest BCUT2D eigenvalue weighted by Crippen LogP contribution is -2.48. The van der Waals surface area contributed by atoms with Crippen LogP contribution in [0.4, 0.5) is 0 Å². The quantitative estimate of drug-likeness (QED) is 0.351. The van der Waals surface area contributed by atoms with Crippen LogP contribution < -0.4 is 4.74 Å². The molecule has 2 aromatic rings. The molecule has 0 aliphatic carbocycles. The van der Waals surface area contributed by atoms with Crippen LogP contribution in [-0.4, -0.2) is 49.4 Å². The van der Waals surface area contributed by atoms with Crippen LogP contribution in [0, 0.1) is 0 Å². The average Bonchev–Trinajstić information content (AvgIpc) is 2.80. The number of esters is 3. The smallest absolute Gasteiger partial charge is 0.303 e. The van der Waals surface area contributed by atoms with Gasteiger partial charge in [-0.25, -0.2) is 0 Å². The lowest BCUT2D eigenvalue weighted by Gasteiger charge is -2.40. The zero-order valence-corrected chi connectivity index (χ0v) is 21.6. The second kappa shape index (κ2) is 12.7. The average molecular weight is 519 g/mol. The Hall–Kier alpha value is -3.10. The standard InChI is InChI=1S/C27H31ClO8/c1-5-32-22-9-6-19(7-10-22)12-21-13-20(8-11-23(21)28)27-25(35-18(4)31)14-24(34-17(3)30)26(36-27)15-33-16(2)29/h6-11,13,24-27H,5,12,14-15H2,1-4H3/t24-,25+,26+,27-/m0/s1. The molecule has 0 aromatic heterocycles. The van der Waals surface area contributed by atoms with Gasteiger partial charge in [0.05, 0.1) is 6.61 Å². The third kappa shape index (κ3) is 7.70. The number of carbonyl (C=O) groups is 3. The van der Waals surface area contributed by atoms with E-state index >= 15 is 0 Å². The summed E-state index contributed by atoms with van der Waals surface area (Å²) in [6, 6.07) is 13.3. The van der Waals surface area contributed by atoms with Crippen molar-refractivity contribution >= 4 is 29.5 Å². The molecule has 194 valence electrons. The first-order chi connectivity index (χ1) is 17.2. The van der Waals surface area contributed by atoms with Crippen molar-refractivity contribution in [1.82, 2.24) is 0 Å². The van der Waals surface area contributed by atoms with Gasteiger partial charge in [-0.2, -0.15) is 0 Å². The molecule has 0 saturated carbocycles. The Kier molecular flexibility index (Phi) is 9.73. The van der Waals surface area contributed by atoms with Gasteiger partial charge in [0, 0.05) is 32.2 Å². The van der Waals surface area contributed by atoms with Crippen LogP contribution in [0.2, 0.25) is 5.02 Å². The van der Waals surface area contributed by atoms with Gasteiger partial charge in [-0.05, 0) is 48.2 Å². The number of halogens is 1. The molecule has 0 N–H and O–H groups in total. The Morgan fingerprint density at radius 3 is 2.22 bits per heavy atom. The number of hydrogen-bond donors (Lipinski definition) is 0. The molecule has 3 rings (SSSR count). The molecule has 1 aliphatic rings. The Labute approximate surface area is 215 Å². The maximum absolute atomic E-state index is 11.9. The zero-order chi connectivity index (χ0) is 26.2. The van der Waals surface area contributed by atoms with Gasteiger partial charge in [-0.1, -0.05) is 35.9 Å². The van der Waals surface area contributed by atoms with Crippen LogP contribution in [0.3, 0.4) is 0 Å². The van der Waals surface area contributed by atoms with E-state index in [2.05, 4.69) is 0 Å². The van der Waals surface area contributed by atoms with Crippen molar-refractivity contribution in [2.75, 3.05) is 13.2 Å². The summed E-state index contributed by atoms with van der Waals surface area (Å²) in [4.78, 5) is 35.0. The van der Waals surface area contributed by atoms with Gasteiger partial charge in [0.25, 0.3) is 0 Å². The summed E-state index contributed by atoms with van der Waals surface area (Å²) in [5, 5.41) is 0.585. The molecule has 9 heteroatoms. The molecular formula is C27H31ClO8. The summed E-state index contributed by atoms with van der Waals surface area (Å²) in [5.74, 6) is -0.692. The summed E-state index contributed by atoms with van der Waals surface area (Å²) < 4.78 is 27.9. The van der Waals surface area contributed by atoms with Crippen molar-refractivity contribution in [2.24, 2.45) is 0 Å². The number of hydrogen-bond acceptors (Lipinski definition) is 8. The van der Waals surface area contributed by atoms with Crippen LogP contribution in [0.25, 0.3) is 0 Å². The normalized spacial score (nSPS) is 21.4. The van der Waals surface area contributed by atoms with Crippen molar-refractivity contribution in [3.63, 3.8) is 0 Å². The predicted octanol–water partition coefficient (Wildman–Crippen LogP) is 4.59. The van der Waals surface area contributed by atoms with E-state index in [1.165, 1.54) is 20.8 Å². The van der Waals surface area contributed by atoms with E-state index in [9.17, 15) is 14.4 Å². The maximum atomic E-state index is 11.9. The third-order valence-corrected chi connectivity index (χ3v) is 6.02. The van der Waals surface area contributed by atoms with Gasteiger partial charge in [-0.15, -0.1) is 0 Å². The van der Waals surface area contributed by atoms with Crippen molar-refractivity contribution in [3.05, 3.63) is 64.2 Å². The van der Waals surface area contributed by atoms with Crippen LogP contribution in [-0.2, 0) is 39.8 Å². The topological polar surface area (TPSA) is 97.4 Å². The van der Waals surface area contributed by atoms with E-state index < -0.39 is 42.3 Å². The Morgan fingerprint density at radius 2 is 1.61 bits per heavy atom. The first-order valence-corrected chi connectivity index (χ1v) is 12.2. The molecule has 2 aromatic carbocycles. The number of rotatable bonds is 9. The minimum absolute atomic E-state index is 0.108. The van der Waals surface area contributed by atoms with E-state index in [-0.39, 0.29) is 13.0 Å². The van der Waals surface area contributed by atoms with Gasteiger partial charge in [0.15, 0.2) is 0 Å². The highest BCUT2D eigenvalue weighted by Gasteiger charge is 2.43. The summed E-state index contributed by atoms with van der Waals surface area (Å²) in [6.07, 6.45) is -2.14. The van der Waals surface area contributed by atoms with E-state index in [0.717, 1.165) is 22.4 Å². The minimum atomic E-state index is -0.752. The van der Waals surface area contributed by atoms with Crippen LogP contribution in [0.15, 0.2) is 42.5 Å². The molecule has 4 atom stereocenters. The molecule has 0 amide bonds. The minimum Gasteiger partial charge on any atom is -0.494 e. The van der Waals surface area contributed by atoms with Crippen molar-refractivity contribution in [1.29, 1.82) is 0 Å². The highest BCUT2D eigenvalue weighted by atomic mass is 35.5. The van der Waals surface area contributed by atoms with E-state index in [1.807, 2.05) is 37.3 Å². The third-order valence-electron chi connectivity index (χ3n) is 5.65. The summed E-state index contributed by atoms with van der Waals surface area (Å²) in [6.45, 7) is 6.29. The Balaban J connectivity index is 1.88. The predicted molar refractivity (Wildman–Crippen MR) is 132 cm³/mol. The molecule has 1 heterocycles. The second-order valence-electron chi connectivity index (χ2n) is 8.53. The molecule has 0 unspecified atom stereocenters. The first kappa shape index (κ1) is 27.5. The molecule has 0 radical (unpaired) electrons. The molecule has 8 nitrogen and oxygen atoms in total. The van der Waals surface area contributed by atoms with Crippen LogP contribution >= 0.6 is 11.6 Å². The molecule has 0 spiro atoms. The van der Waals surface area contributed by atoms with Gasteiger partial charge in [-0.3, -0.25) is 14.4 Å². The van der Waals surface area contributed by atoms with Gasteiger partial charge >= 0.3 is 17.9 Å². The maximum Gasteiger partial charge on any atom is 0.303 e. The van der Waals surface area contributed by atoms with E-state index in [0.29, 0.717) is 18.1 Å². The molecular weight excluding hydrogens is 488 g/mol. The SMILES string of the molecule is CCOc1ccc(Cc2cc([C@@H]3O[C@H](COC(C)=O)[C@@H](OC(C)=O)C[C@H]3OC(C)=O)ccc2Cl)cc1. The lowest BCUT2D eigenvalue weighted by atomic mass is 9.91. The molecule has 1 fully saturated rings. The fraction of sp³-hybridized carbons (Fsp3) is 0.444. The summed E-state index contributed by atoms with van der Waals surface area (Å²) >= 11 is 6.51. The highest BCUT2D eigenvalue weighted by Crippen LogP contribution is 2.37. The molecule has 1 aliphatic heterocycles. The van der Waals surface area contributed by atoms with Crippen molar-refractivity contribution in [3.8, 4) is 5.75 Å². The van der Waals surface area contributed by atoms with Gasteiger partial charge in [0.1, 0.15) is 36.8 Å². The van der Waals surface area contributed by atoms with Gasteiger partial charge in [0.2, 0.25) is 0 Å². The fourth-order valence-corrected chi connectivity index (χ4v) is 4.35. The fourth-order valence-electron chi connectivity index (χ4n) is 4.16. The molecule has 1 saturated heterocycles. The number of benzene rings is 2. The highest BCUT2D eigenvalue weighted by molar-refractivity contribution is 6.31. The zero-order valence-electron chi connectivity index (χ0n) is 20.8. The van der Waals surface area contributed by atoms with Crippen molar-refractivity contribution in [2.45, 2.75) is 65.0 Å². The summed E-state index contributed by atoms with van der Waals surface area (Å²) in [7, 11) is 0. The summed E-state index contributed by atoms with van der Waals surface area (Å²) in [5.41, 5.74) is 2.64. The first-order valence-electron chi connectivity index (χ1n) is 11.8. The van der Waals surface area contributed by atoms with Crippen LogP contribution in [0.1, 0.15) is 56.9 Å². The monoisotopic (exact) mass is 518 g/mol. The van der Waals surface area contributed by atoms with Crippen LogP contribution in [0.5, 0.6) is 5.75 Å². The Morgan fingerprint density at radius 1 is 0.944 bits per heavy atom. The van der Waals surface area contributed by atoms with E-state index in [1.54, 1.807) is 12.1 Å². The lowest BCUT2D eigenvalue weighted by molar-refractivity contribution is -0.212.